The molecule has 2 aliphatic rings. The van der Waals surface area contributed by atoms with Crippen LogP contribution in [0, 0.1) is 22.0 Å². The number of nitro groups is 1. The molecular weight excluding hydrogens is 1130 g/mol. The standard InChI is InChI=1S/C25H34N3O11PS.C25H36N3O9PS/c1-18(2)15-27(41(35,36)22-10-8-20(9-11-22)28(30)31)16-24(39-40(32,33)34)23(14-19-6-4-3-5-7-19)26-25(29)38-21-12-13-37-17-21;1-18(2)15-28(39(33,34)22-10-8-20(26)9-11-22)16-24(37-38(30,31)32)23(14-19-6-4-3-5-7-19)27-25(29)36-21-12-13-35-17-21/h3-11,18,21,23-24H,12-17H2,1-2H3,(H,26,29)(H2,32,33,34);3-11,18,21,23-24H,12-17,26H2,1-2H3,(H,27,29)(H2,30,31,32)/t2*21-,23-,24+/m00/s1. The Labute approximate surface area is 464 Å². The number of nitrogen functional groups attached to an aromatic ring is 1. The van der Waals surface area contributed by atoms with E-state index in [9.17, 15) is 65.2 Å². The van der Waals surface area contributed by atoms with E-state index in [4.69, 9.17) is 33.7 Å². The number of phosphoric acid groups is 2. The smallest absolute Gasteiger partial charge is 0.444 e. The molecule has 0 aliphatic carbocycles. The van der Waals surface area contributed by atoms with Crippen LogP contribution in [0.25, 0.3) is 0 Å². The van der Waals surface area contributed by atoms with Crippen LogP contribution in [0.5, 0.6) is 0 Å². The van der Waals surface area contributed by atoms with Gasteiger partial charge in [0, 0.05) is 56.8 Å². The number of sulfonamides is 2. The van der Waals surface area contributed by atoms with Crippen molar-refractivity contribution in [2.75, 3.05) is 58.3 Å². The molecule has 0 unspecified atom stereocenters. The zero-order valence-electron chi connectivity index (χ0n) is 44.4. The lowest BCUT2D eigenvalue weighted by Gasteiger charge is -2.33. The molecule has 0 saturated carbocycles. The minimum atomic E-state index is -5.19. The molecule has 0 spiro atoms. The van der Waals surface area contributed by atoms with Crippen molar-refractivity contribution in [1.29, 1.82) is 0 Å². The van der Waals surface area contributed by atoms with Gasteiger partial charge in [0.15, 0.2) is 0 Å². The average molecular weight is 1200 g/mol. The molecule has 6 rings (SSSR count). The number of amides is 2. The quantitative estimate of drug-likeness (QED) is 0.0171. The number of alkyl carbamates (subject to hydrolysis) is 2. The Bertz CT molecular complexity index is 2930. The summed E-state index contributed by atoms with van der Waals surface area (Å²) in [5.41, 5.74) is 7.20. The third-order valence-electron chi connectivity index (χ3n) is 12.1. The lowest BCUT2D eigenvalue weighted by molar-refractivity contribution is -0.384. The van der Waals surface area contributed by atoms with Crippen molar-refractivity contribution in [1.82, 2.24) is 19.2 Å². The molecule has 0 radical (unpaired) electrons. The highest BCUT2D eigenvalue weighted by Gasteiger charge is 2.39. The topological polar surface area (TPSA) is 373 Å². The average Bonchev–Trinajstić information content (AvgIpc) is 4.10. The van der Waals surface area contributed by atoms with E-state index >= 15 is 0 Å². The summed E-state index contributed by atoms with van der Waals surface area (Å²) in [7, 11) is -18.8. The van der Waals surface area contributed by atoms with Crippen LogP contribution in [0.3, 0.4) is 0 Å². The number of nitrogens with zero attached hydrogens (tertiary/aromatic N) is 3. The first-order chi connectivity index (χ1) is 37.6. The van der Waals surface area contributed by atoms with Crippen molar-refractivity contribution in [3.8, 4) is 0 Å². The first-order valence-corrected chi connectivity index (χ1v) is 31.3. The second-order valence-corrected chi connectivity index (χ2v) is 25.9. The second kappa shape index (κ2) is 30.0. The van der Waals surface area contributed by atoms with Gasteiger partial charge in [0.1, 0.15) is 24.4 Å². The molecule has 8 N–H and O–H groups in total. The molecule has 2 heterocycles. The van der Waals surface area contributed by atoms with Crippen LogP contribution >= 0.6 is 15.6 Å². The molecule has 4 aromatic rings. The number of nitrogens with one attached hydrogen (secondary N) is 2. The lowest BCUT2D eigenvalue weighted by Crippen LogP contribution is -2.52. The highest BCUT2D eigenvalue weighted by atomic mass is 32.2. The molecule has 80 heavy (non-hydrogen) atoms. The molecule has 442 valence electrons. The number of hydrogen-bond acceptors (Lipinski definition) is 17. The maximum absolute atomic E-state index is 13.7. The van der Waals surface area contributed by atoms with Crippen molar-refractivity contribution in [3.05, 3.63) is 130 Å². The summed E-state index contributed by atoms with van der Waals surface area (Å²) in [5, 5.41) is 16.3. The SMILES string of the molecule is CC(C)CN(C[C@@H](OP(=O)(O)O)[C@H](Cc1ccccc1)NC(=O)O[C@H]1CCOC1)S(=O)(=O)c1ccc(N)cc1.CC(C)CN(C[C@@H](OP(=O)(O)O)[C@H](Cc1ccccc1)NC(=O)O[C@H]1CCOC1)S(=O)(=O)c1ccc([N+](=O)[O-])cc1. The molecule has 0 bridgehead atoms. The van der Waals surface area contributed by atoms with E-state index in [0.717, 1.165) is 38.4 Å². The van der Waals surface area contributed by atoms with Crippen LogP contribution in [0.1, 0.15) is 51.7 Å². The van der Waals surface area contributed by atoms with Crippen molar-refractivity contribution >= 4 is 59.3 Å². The van der Waals surface area contributed by atoms with E-state index in [1.165, 1.54) is 24.3 Å². The third kappa shape index (κ3) is 21.8. The fourth-order valence-electron chi connectivity index (χ4n) is 8.43. The van der Waals surface area contributed by atoms with Gasteiger partial charge in [-0.3, -0.25) is 19.2 Å². The Morgan fingerprint density at radius 1 is 0.637 bits per heavy atom. The fraction of sp³-hybridized carbons (Fsp3) is 0.480. The molecular formula is C50H70N6O20P2S2. The van der Waals surface area contributed by atoms with Crippen LogP contribution < -0.4 is 16.4 Å². The summed E-state index contributed by atoms with van der Waals surface area (Å²) in [6.07, 6.45) is -4.56. The van der Waals surface area contributed by atoms with Crippen molar-refractivity contribution < 1.29 is 88.0 Å². The van der Waals surface area contributed by atoms with E-state index in [1.54, 1.807) is 74.5 Å². The van der Waals surface area contributed by atoms with Gasteiger partial charge in [-0.2, -0.15) is 8.61 Å². The lowest BCUT2D eigenvalue weighted by atomic mass is 10.0. The summed E-state index contributed by atoms with van der Waals surface area (Å²) in [6, 6.07) is 25.3. The minimum Gasteiger partial charge on any atom is -0.444 e. The fourth-order valence-corrected chi connectivity index (χ4v) is 12.8. The second-order valence-electron chi connectivity index (χ2n) is 19.7. The largest absolute Gasteiger partial charge is 0.469 e. The Hall–Kier alpha value is -5.42. The third-order valence-corrected chi connectivity index (χ3v) is 16.9. The Balaban J connectivity index is 0.000000294. The van der Waals surface area contributed by atoms with Crippen molar-refractivity contribution in [2.24, 2.45) is 11.8 Å². The summed E-state index contributed by atoms with van der Waals surface area (Å²) in [6.45, 7) is 7.34. The molecule has 0 aromatic heterocycles. The van der Waals surface area contributed by atoms with Crippen LogP contribution in [0.2, 0.25) is 0 Å². The molecule has 30 heteroatoms. The number of non-ortho nitro benzene ring substituents is 1. The van der Waals surface area contributed by atoms with Gasteiger partial charge in [-0.1, -0.05) is 88.4 Å². The summed E-state index contributed by atoms with van der Waals surface area (Å²) >= 11 is 0. The van der Waals surface area contributed by atoms with E-state index < -0.39 is 102 Å². The zero-order chi connectivity index (χ0) is 58.8. The molecule has 2 saturated heterocycles. The van der Waals surface area contributed by atoms with Gasteiger partial charge in [0.05, 0.1) is 53.2 Å². The predicted octanol–water partition coefficient (Wildman–Crippen LogP) is 5.37. The van der Waals surface area contributed by atoms with Gasteiger partial charge >= 0.3 is 27.8 Å². The van der Waals surface area contributed by atoms with E-state index in [-0.39, 0.29) is 66.5 Å². The Kier molecular flexibility index (Phi) is 24.6. The van der Waals surface area contributed by atoms with Crippen LogP contribution in [0.15, 0.2) is 119 Å². The minimum absolute atomic E-state index is 0.0227. The van der Waals surface area contributed by atoms with Gasteiger partial charge in [0.25, 0.3) is 5.69 Å². The maximum Gasteiger partial charge on any atom is 0.469 e. The molecule has 2 fully saturated rings. The predicted molar refractivity (Wildman–Crippen MR) is 291 cm³/mol. The number of hydrogen-bond donors (Lipinski definition) is 7. The van der Waals surface area contributed by atoms with Gasteiger partial charge in [-0.25, -0.2) is 35.6 Å². The number of nitro benzene ring substituents is 1. The molecule has 26 nitrogen and oxygen atoms in total. The van der Waals surface area contributed by atoms with Crippen molar-refractivity contribution in [2.45, 2.75) is 99.7 Å². The molecule has 4 aromatic carbocycles. The molecule has 6 atom stereocenters. The number of carbonyl (C=O) groups excluding carboxylic acids is 2. The van der Waals surface area contributed by atoms with E-state index in [2.05, 4.69) is 10.6 Å². The van der Waals surface area contributed by atoms with E-state index in [0.29, 0.717) is 37.3 Å². The normalized spacial score (nSPS) is 17.6. The maximum atomic E-state index is 13.7. The van der Waals surface area contributed by atoms with E-state index in [1.807, 2.05) is 13.8 Å². The highest BCUT2D eigenvalue weighted by Crippen LogP contribution is 2.40. The summed E-state index contributed by atoms with van der Waals surface area (Å²) in [4.78, 5) is 74.7. The zero-order valence-corrected chi connectivity index (χ0v) is 47.9. The first kappa shape index (κ1) is 65.4. The summed E-state index contributed by atoms with van der Waals surface area (Å²) < 4.78 is 112. The van der Waals surface area contributed by atoms with Gasteiger partial charge < -0.3 is 54.9 Å². The van der Waals surface area contributed by atoms with Crippen molar-refractivity contribution in [3.63, 3.8) is 0 Å². The first-order valence-electron chi connectivity index (χ1n) is 25.3. The number of rotatable bonds is 27. The number of nitrogens with two attached hydrogens (primary N) is 1. The number of benzene rings is 4. The van der Waals surface area contributed by atoms with Gasteiger partial charge in [-0.15, -0.1) is 0 Å². The van der Waals surface area contributed by atoms with Crippen LogP contribution in [0.4, 0.5) is 21.0 Å². The number of carbonyl (C=O) groups is 2. The Morgan fingerprint density at radius 3 is 1.31 bits per heavy atom. The van der Waals surface area contributed by atoms with Crippen LogP contribution in [-0.4, -0.2) is 151 Å². The number of ether oxygens (including phenoxy) is 4. The summed E-state index contributed by atoms with van der Waals surface area (Å²) in [5.74, 6) is -0.372. The molecule has 2 aliphatic heterocycles. The van der Waals surface area contributed by atoms with Crippen LogP contribution in [-0.2, 0) is 70.0 Å². The van der Waals surface area contributed by atoms with Gasteiger partial charge in [-0.05, 0) is 72.2 Å². The highest BCUT2D eigenvalue weighted by molar-refractivity contribution is 7.89. The monoisotopic (exact) mass is 1200 g/mol. The Morgan fingerprint density at radius 2 is 1.00 bits per heavy atom. The number of anilines is 1. The molecule has 2 amide bonds. The van der Waals surface area contributed by atoms with Gasteiger partial charge in [0.2, 0.25) is 20.0 Å². The number of phosphoric ester groups is 2.